The van der Waals surface area contributed by atoms with Crippen LogP contribution in [0.2, 0.25) is 5.02 Å². The Kier molecular flexibility index (Phi) is 8.07. The molecule has 5 rings (SSSR count). The van der Waals surface area contributed by atoms with Crippen LogP contribution in [0.25, 0.3) is 0 Å². The highest BCUT2D eigenvalue weighted by molar-refractivity contribution is 7.92. The highest BCUT2D eigenvalue weighted by Gasteiger charge is 2.72. The third-order valence-corrected chi connectivity index (χ3v) is 12.2. The number of amides is 1. The lowest BCUT2D eigenvalue weighted by molar-refractivity contribution is -0.376. The van der Waals surface area contributed by atoms with Gasteiger partial charge >= 0.3 is 18.3 Å². The summed E-state index contributed by atoms with van der Waals surface area (Å²) in [5.74, 6) is -2.48. The van der Waals surface area contributed by atoms with Crippen molar-refractivity contribution in [3.05, 3.63) is 64.2 Å². The van der Waals surface area contributed by atoms with Gasteiger partial charge in [-0.25, -0.2) is 8.42 Å². The lowest BCUT2D eigenvalue weighted by atomic mass is 9.76. The molecule has 3 aliphatic rings. The van der Waals surface area contributed by atoms with Crippen molar-refractivity contribution in [2.24, 2.45) is 11.8 Å². The Morgan fingerprint density at radius 2 is 1.45 bits per heavy atom. The van der Waals surface area contributed by atoms with Crippen LogP contribution in [0.5, 0.6) is 0 Å². The van der Waals surface area contributed by atoms with Gasteiger partial charge < -0.3 is 15.1 Å². The summed E-state index contributed by atoms with van der Waals surface area (Å²) in [5.41, 5.74) is -6.83. The average Bonchev–Trinajstić information content (AvgIpc) is 3.37. The molecule has 2 fully saturated rings. The summed E-state index contributed by atoms with van der Waals surface area (Å²) in [6.45, 7) is -0.0502. The molecule has 2 unspecified atom stereocenters. The van der Waals surface area contributed by atoms with E-state index in [9.17, 15) is 54.6 Å². The molecule has 2 aliphatic carbocycles. The van der Waals surface area contributed by atoms with E-state index >= 15 is 0 Å². The van der Waals surface area contributed by atoms with Crippen molar-refractivity contribution in [3.8, 4) is 0 Å². The minimum absolute atomic E-state index is 0.0379. The van der Waals surface area contributed by atoms with Gasteiger partial charge in [-0.15, -0.1) is 0 Å². The van der Waals surface area contributed by atoms with E-state index in [1.165, 1.54) is 29.2 Å². The average molecular weight is 668 g/mol. The van der Waals surface area contributed by atoms with Gasteiger partial charge in [0, 0.05) is 23.0 Å². The molecule has 1 saturated carbocycles. The number of aryl methyl sites for hydroxylation is 1. The third kappa shape index (κ3) is 4.87. The van der Waals surface area contributed by atoms with Crippen LogP contribution in [-0.4, -0.2) is 60.3 Å². The fraction of sp³-hybridized carbons (Fsp3) is 0.517. The fourth-order valence-corrected chi connectivity index (χ4v) is 9.64. The predicted molar refractivity (Wildman–Crippen MR) is 144 cm³/mol. The molecule has 1 heterocycles. The van der Waals surface area contributed by atoms with Crippen LogP contribution in [0.3, 0.4) is 0 Å². The Labute approximate surface area is 253 Å². The minimum Gasteiger partial charge on any atom is -0.481 e. The quantitative estimate of drug-likeness (QED) is 0.393. The molecule has 1 saturated heterocycles. The van der Waals surface area contributed by atoms with E-state index in [1.807, 2.05) is 0 Å². The van der Waals surface area contributed by atoms with Gasteiger partial charge in [0.1, 0.15) is 4.75 Å². The van der Waals surface area contributed by atoms with Gasteiger partial charge in [-0.2, -0.15) is 26.3 Å². The molecule has 1 aliphatic heterocycles. The maximum Gasteiger partial charge on any atom is 0.430 e. The highest BCUT2D eigenvalue weighted by Crippen LogP contribution is 2.55. The fourth-order valence-electron chi connectivity index (χ4n) is 7.15. The van der Waals surface area contributed by atoms with Crippen LogP contribution in [0.4, 0.5) is 26.3 Å². The largest absolute Gasteiger partial charge is 0.481 e. The first-order valence-electron chi connectivity index (χ1n) is 13.9. The second-order valence-corrected chi connectivity index (χ2v) is 14.3. The maximum atomic E-state index is 14.5. The summed E-state index contributed by atoms with van der Waals surface area (Å²) >= 11 is 5.96. The number of fused-ring (bicyclic) bond motifs is 3. The first-order valence-corrected chi connectivity index (χ1v) is 15.8. The lowest BCUT2D eigenvalue weighted by Crippen LogP contribution is -2.55. The molecule has 15 heteroatoms. The number of carboxylic acids is 1. The summed E-state index contributed by atoms with van der Waals surface area (Å²) < 4.78 is 109. The Balaban J connectivity index is 1.62. The zero-order valence-corrected chi connectivity index (χ0v) is 24.5. The predicted octanol–water partition coefficient (Wildman–Crippen LogP) is 5.76. The Morgan fingerprint density at radius 1 is 0.886 bits per heavy atom. The zero-order valence-electron chi connectivity index (χ0n) is 23.0. The van der Waals surface area contributed by atoms with Crippen molar-refractivity contribution in [3.63, 3.8) is 0 Å². The summed E-state index contributed by atoms with van der Waals surface area (Å²) in [6, 6.07) is 6.04. The second-order valence-electron chi connectivity index (χ2n) is 11.6. The first kappa shape index (κ1) is 32.6. The van der Waals surface area contributed by atoms with E-state index in [2.05, 4.69) is 0 Å². The first-order chi connectivity index (χ1) is 20.4. The van der Waals surface area contributed by atoms with Crippen molar-refractivity contribution in [1.82, 2.24) is 4.90 Å². The van der Waals surface area contributed by atoms with Crippen LogP contribution in [0, 0.1) is 11.8 Å². The molecule has 44 heavy (non-hydrogen) atoms. The summed E-state index contributed by atoms with van der Waals surface area (Å²) in [6.07, 6.45) is -11.6. The number of likely N-dealkylation sites (tertiary alicyclic amines) is 1. The number of hydrogen-bond donors (Lipinski definition) is 2. The van der Waals surface area contributed by atoms with Crippen molar-refractivity contribution in [2.45, 2.75) is 78.6 Å². The molecular weight excluding hydrogens is 640 g/mol. The number of alkyl halides is 6. The summed E-state index contributed by atoms with van der Waals surface area (Å²) in [4.78, 5) is 26.4. The Morgan fingerprint density at radius 3 is 2.00 bits per heavy atom. The van der Waals surface area contributed by atoms with Crippen molar-refractivity contribution < 1.29 is 54.6 Å². The van der Waals surface area contributed by atoms with Gasteiger partial charge in [0.05, 0.1) is 16.9 Å². The van der Waals surface area contributed by atoms with Gasteiger partial charge in [0.15, 0.2) is 9.84 Å². The zero-order chi connectivity index (χ0) is 32.5. The molecule has 0 radical (unpaired) electrons. The monoisotopic (exact) mass is 667 g/mol. The van der Waals surface area contributed by atoms with Crippen LogP contribution in [0.15, 0.2) is 47.4 Å². The van der Waals surface area contributed by atoms with E-state index in [4.69, 9.17) is 11.6 Å². The van der Waals surface area contributed by atoms with Gasteiger partial charge in [-0.05, 0) is 80.3 Å². The molecule has 0 aromatic heterocycles. The van der Waals surface area contributed by atoms with Crippen molar-refractivity contribution >= 4 is 33.3 Å². The van der Waals surface area contributed by atoms with E-state index in [0.29, 0.717) is 12.1 Å². The van der Waals surface area contributed by atoms with Gasteiger partial charge in [0.25, 0.3) is 5.60 Å². The normalized spacial score (nSPS) is 26.2. The smallest absolute Gasteiger partial charge is 0.430 e. The molecule has 0 spiro atoms. The summed E-state index contributed by atoms with van der Waals surface area (Å²) in [5, 5.41) is 19.6. The molecule has 2 N–H and O–H groups in total. The second kappa shape index (κ2) is 10.9. The maximum absolute atomic E-state index is 14.5. The molecule has 7 nitrogen and oxygen atoms in total. The number of benzene rings is 2. The van der Waals surface area contributed by atoms with Crippen LogP contribution < -0.4 is 0 Å². The van der Waals surface area contributed by atoms with Crippen LogP contribution in [-0.2, 0) is 36.2 Å². The standard InChI is InChI=1S/C29H28ClF6NO6S/c30-20-7-9-21(10-8-20)44(42,43)26-13-14-37(24(38)16-1-3-17(4-2-16)25(39)40)23(26)12-5-18-15-19(6-11-22(18)26)27(41,28(31,32)33)29(34,35)36/h6-11,15-17,23,41H,1-5,12-14H2,(H,39,40)/t16-,17-,23?,26?. The SMILES string of the molecule is O=C(O)[C@H]1CC[C@H](C(=O)N2CCC3(S(=O)(=O)c4ccc(Cl)cc4)c4ccc(C(O)(C(F)(F)F)C(F)(F)F)cc4CCC23)CC1. The lowest BCUT2D eigenvalue weighted by Gasteiger charge is -2.44. The van der Waals surface area contributed by atoms with Crippen molar-refractivity contribution in [2.75, 3.05) is 6.54 Å². The number of carbonyl (C=O) groups is 2. The Hall–Kier alpha value is -2.84. The number of halogens is 7. The molecule has 2 aromatic rings. The van der Waals surface area contributed by atoms with Gasteiger partial charge in [-0.1, -0.05) is 29.8 Å². The number of aliphatic hydroxyl groups is 1. The number of carboxylic acid groups (broad SMARTS) is 1. The van der Waals surface area contributed by atoms with Crippen molar-refractivity contribution in [1.29, 1.82) is 0 Å². The van der Waals surface area contributed by atoms with E-state index in [0.717, 1.165) is 6.07 Å². The number of hydrogen-bond acceptors (Lipinski definition) is 5. The molecule has 2 atom stereocenters. The van der Waals surface area contributed by atoms with E-state index in [-0.39, 0.29) is 78.4 Å². The van der Waals surface area contributed by atoms with Crippen LogP contribution in [0.1, 0.15) is 55.2 Å². The highest BCUT2D eigenvalue weighted by atomic mass is 35.5. The Bertz CT molecular complexity index is 1560. The third-order valence-electron chi connectivity index (χ3n) is 9.44. The molecule has 0 bridgehead atoms. The van der Waals surface area contributed by atoms with Gasteiger partial charge in [0.2, 0.25) is 5.91 Å². The number of carbonyl (C=O) groups excluding carboxylic acids is 1. The molecule has 240 valence electrons. The number of aliphatic carboxylic acids is 1. The minimum atomic E-state index is -6.13. The summed E-state index contributed by atoms with van der Waals surface area (Å²) in [7, 11) is -4.45. The molecular formula is C29H28ClF6NO6S. The van der Waals surface area contributed by atoms with E-state index in [1.54, 1.807) is 0 Å². The van der Waals surface area contributed by atoms with Crippen LogP contribution >= 0.6 is 11.6 Å². The topological polar surface area (TPSA) is 112 Å². The molecule has 1 amide bonds. The molecule has 2 aromatic carbocycles. The number of rotatable bonds is 5. The van der Waals surface area contributed by atoms with Gasteiger partial charge in [-0.3, -0.25) is 9.59 Å². The number of sulfone groups is 1. The number of nitrogens with zero attached hydrogens (tertiary/aromatic N) is 1. The van der Waals surface area contributed by atoms with E-state index < -0.39 is 61.9 Å².